The Kier molecular flexibility index (Phi) is 5.24. The number of ether oxygens (including phenoxy) is 1. The number of aryl methyl sites for hydroxylation is 1. The molecule has 0 fully saturated rings. The Morgan fingerprint density at radius 1 is 1.41 bits per heavy atom. The normalized spacial score (nSPS) is 17.1. The quantitative estimate of drug-likeness (QED) is 0.797. The number of benzene rings is 1. The molecule has 0 bridgehead atoms. The first-order chi connectivity index (χ1) is 10.5. The van der Waals surface area contributed by atoms with Crippen LogP contribution in [0.1, 0.15) is 25.3 Å². The molecule has 0 spiro atoms. The van der Waals surface area contributed by atoms with Crippen molar-refractivity contribution in [2.24, 2.45) is 5.92 Å². The van der Waals surface area contributed by atoms with E-state index in [4.69, 9.17) is 16.3 Å². The Bertz CT molecular complexity index is 624. The van der Waals surface area contributed by atoms with Gasteiger partial charge in [-0.25, -0.2) is 0 Å². The van der Waals surface area contributed by atoms with Crippen molar-refractivity contribution in [2.45, 2.75) is 26.7 Å². The van der Waals surface area contributed by atoms with E-state index < -0.39 is 5.92 Å². The Morgan fingerprint density at radius 2 is 2.14 bits per heavy atom. The molecule has 0 saturated heterocycles. The van der Waals surface area contributed by atoms with Gasteiger partial charge in [-0.15, -0.1) is 0 Å². The van der Waals surface area contributed by atoms with Crippen LogP contribution >= 0.6 is 11.6 Å². The van der Waals surface area contributed by atoms with Crippen LogP contribution in [0, 0.1) is 12.8 Å². The van der Waals surface area contributed by atoms with Crippen molar-refractivity contribution in [3.63, 3.8) is 0 Å². The highest BCUT2D eigenvalue weighted by Crippen LogP contribution is 2.32. The lowest BCUT2D eigenvalue weighted by Crippen LogP contribution is -2.35. The Morgan fingerprint density at radius 3 is 2.77 bits per heavy atom. The van der Waals surface area contributed by atoms with Crippen molar-refractivity contribution in [3.8, 4) is 0 Å². The highest BCUT2D eigenvalue weighted by Gasteiger charge is 2.34. The van der Waals surface area contributed by atoms with E-state index in [0.29, 0.717) is 30.0 Å². The molecule has 22 heavy (non-hydrogen) atoms. The highest BCUT2D eigenvalue weighted by atomic mass is 35.5. The average Bonchev–Trinajstić information content (AvgIpc) is 3.00. The Labute approximate surface area is 135 Å². The number of amides is 1. The van der Waals surface area contributed by atoms with Gasteiger partial charge in [0.15, 0.2) is 0 Å². The lowest BCUT2D eigenvalue weighted by molar-refractivity contribution is -0.144. The lowest BCUT2D eigenvalue weighted by atomic mass is 10.00. The fourth-order valence-electron chi connectivity index (χ4n) is 2.78. The molecule has 0 aromatic heterocycles. The SMILES string of the molecule is CCN(C(=O)C1=CCCC1C(=O)OC)c1cc(Cl)ccc1C. The van der Waals surface area contributed by atoms with E-state index in [2.05, 4.69) is 0 Å². The number of carbonyl (C=O) groups excluding carboxylic acids is 2. The van der Waals surface area contributed by atoms with Gasteiger partial charge in [0, 0.05) is 22.8 Å². The number of carbonyl (C=O) groups is 2. The zero-order valence-electron chi connectivity index (χ0n) is 13.1. The maximum Gasteiger partial charge on any atom is 0.313 e. The van der Waals surface area contributed by atoms with E-state index in [1.165, 1.54) is 7.11 Å². The fraction of sp³-hybridized carbons (Fsp3) is 0.412. The topological polar surface area (TPSA) is 46.6 Å². The largest absolute Gasteiger partial charge is 0.469 e. The Balaban J connectivity index is 2.33. The van der Waals surface area contributed by atoms with Gasteiger partial charge in [-0.2, -0.15) is 0 Å². The zero-order valence-corrected chi connectivity index (χ0v) is 13.8. The van der Waals surface area contributed by atoms with Crippen molar-refractivity contribution in [3.05, 3.63) is 40.4 Å². The number of likely N-dealkylation sites (N-methyl/N-ethyl adjacent to an activating group) is 1. The van der Waals surface area contributed by atoms with Crippen molar-refractivity contribution in [2.75, 3.05) is 18.6 Å². The van der Waals surface area contributed by atoms with E-state index in [1.807, 2.05) is 26.0 Å². The molecule has 1 aromatic carbocycles. The van der Waals surface area contributed by atoms with Crippen LogP contribution in [-0.2, 0) is 14.3 Å². The molecular weight excluding hydrogens is 302 g/mol. The minimum absolute atomic E-state index is 0.152. The molecule has 118 valence electrons. The number of rotatable bonds is 4. The molecule has 1 unspecified atom stereocenters. The number of esters is 1. The summed E-state index contributed by atoms with van der Waals surface area (Å²) < 4.78 is 4.80. The van der Waals surface area contributed by atoms with E-state index in [9.17, 15) is 9.59 Å². The number of halogens is 1. The summed E-state index contributed by atoms with van der Waals surface area (Å²) in [5.74, 6) is -0.970. The summed E-state index contributed by atoms with van der Waals surface area (Å²) in [6.45, 7) is 4.34. The van der Waals surface area contributed by atoms with E-state index >= 15 is 0 Å². The summed E-state index contributed by atoms with van der Waals surface area (Å²) in [6.07, 6.45) is 3.18. The van der Waals surface area contributed by atoms with E-state index in [1.54, 1.807) is 17.0 Å². The standard InChI is InChI=1S/C17H20ClNO3/c1-4-19(15-10-12(18)9-8-11(15)2)16(20)13-6-5-7-14(13)17(21)22-3/h6,8-10,14H,4-5,7H2,1-3H3. The Hall–Kier alpha value is -1.81. The number of methoxy groups -OCH3 is 1. The first-order valence-corrected chi connectivity index (χ1v) is 7.73. The third-order valence-corrected chi connectivity index (χ3v) is 4.19. The van der Waals surface area contributed by atoms with Crippen LogP contribution < -0.4 is 4.90 Å². The van der Waals surface area contributed by atoms with Crippen LogP contribution in [0.4, 0.5) is 5.69 Å². The molecule has 1 amide bonds. The van der Waals surface area contributed by atoms with Crippen LogP contribution in [0.5, 0.6) is 0 Å². The summed E-state index contributed by atoms with van der Waals surface area (Å²) in [5.41, 5.74) is 2.26. The highest BCUT2D eigenvalue weighted by molar-refractivity contribution is 6.31. The second-order valence-electron chi connectivity index (χ2n) is 5.29. The zero-order chi connectivity index (χ0) is 16.3. The second-order valence-corrected chi connectivity index (χ2v) is 5.73. The smallest absolute Gasteiger partial charge is 0.313 e. The minimum atomic E-state index is -0.467. The summed E-state index contributed by atoms with van der Waals surface area (Å²) >= 11 is 6.06. The fourth-order valence-corrected chi connectivity index (χ4v) is 2.95. The van der Waals surface area contributed by atoms with Crippen molar-refractivity contribution in [1.29, 1.82) is 0 Å². The molecule has 4 nitrogen and oxygen atoms in total. The number of anilines is 1. The second kappa shape index (κ2) is 6.97. The van der Waals surface area contributed by atoms with E-state index in [-0.39, 0.29) is 11.9 Å². The molecule has 1 aliphatic carbocycles. The summed E-state index contributed by atoms with van der Waals surface area (Å²) in [4.78, 5) is 26.4. The van der Waals surface area contributed by atoms with Crippen LogP contribution in [0.2, 0.25) is 5.02 Å². The van der Waals surface area contributed by atoms with Gasteiger partial charge in [0.25, 0.3) is 5.91 Å². The lowest BCUT2D eigenvalue weighted by Gasteiger charge is -2.25. The van der Waals surface area contributed by atoms with Gasteiger partial charge in [0.2, 0.25) is 0 Å². The van der Waals surface area contributed by atoms with Gasteiger partial charge < -0.3 is 9.64 Å². The molecule has 2 rings (SSSR count). The molecule has 1 atom stereocenters. The van der Waals surface area contributed by atoms with Crippen LogP contribution in [-0.4, -0.2) is 25.5 Å². The molecule has 0 heterocycles. The van der Waals surface area contributed by atoms with Crippen LogP contribution in [0.3, 0.4) is 0 Å². The third kappa shape index (κ3) is 3.17. The summed E-state index contributed by atoms with van der Waals surface area (Å²) in [7, 11) is 1.35. The molecule has 1 aliphatic rings. The molecule has 1 aromatic rings. The van der Waals surface area contributed by atoms with Crippen molar-refractivity contribution in [1.82, 2.24) is 0 Å². The minimum Gasteiger partial charge on any atom is -0.469 e. The van der Waals surface area contributed by atoms with Gasteiger partial charge >= 0.3 is 5.97 Å². The van der Waals surface area contributed by atoms with Crippen molar-refractivity contribution >= 4 is 29.2 Å². The number of hydrogen-bond acceptors (Lipinski definition) is 3. The first kappa shape index (κ1) is 16.6. The van der Waals surface area contributed by atoms with Gasteiger partial charge in [-0.3, -0.25) is 9.59 Å². The predicted molar refractivity (Wildman–Crippen MR) is 87.0 cm³/mol. The molecule has 0 radical (unpaired) electrons. The first-order valence-electron chi connectivity index (χ1n) is 7.35. The van der Waals surface area contributed by atoms with Gasteiger partial charge in [-0.05, 0) is 44.4 Å². The molecular formula is C17H20ClNO3. The third-order valence-electron chi connectivity index (χ3n) is 3.95. The predicted octanol–water partition coefficient (Wildman–Crippen LogP) is 3.51. The molecule has 0 aliphatic heterocycles. The molecule has 0 N–H and O–H groups in total. The number of nitrogens with zero attached hydrogens (tertiary/aromatic N) is 1. The van der Waals surface area contributed by atoms with Crippen LogP contribution in [0.25, 0.3) is 0 Å². The van der Waals surface area contributed by atoms with Gasteiger partial charge in [0.05, 0.1) is 13.0 Å². The average molecular weight is 322 g/mol. The van der Waals surface area contributed by atoms with Crippen molar-refractivity contribution < 1.29 is 14.3 Å². The monoisotopic (exact) mass is 321 g/mol. The number of hydrogen-bond donors (Lipinski definition) is 0. The molecule has 5 heteroatoms. The maximum atomic E-state index is 12.9. The van der Waals surface area contributed by atoms with Crippen LogP contribution in [0.15, 0.2) is 29.8 Å². The van der Waals surface area contributed by atoms with Gasteiger partial charge in [0.1, 0.15) is 0 Å². The summed E-state index contributed by atoms with van der Waals surface area (Å²) in [5, 5.41) is 0.580. The van der Waals surface area contributed by atoms with E-state index in [0.717, 1.165) is 11.3 Å². The van der Waals surface area contributed by atoms with Gasteiger partial charge in [-0.1, -0.05) is 23.7 Å². The summed E-state index contributed by atoms with van der Waals surface area (Å²) in [6, 6.07) is 5.46. The number of allylic oxidation sites excluding steroid dienone is 1. The maximum absolute atomic E-state index is 12.9. The molecule has 0 saturated carbocycles.